The van der Waals surface area contributed by atoms with Gasteiger partial charge in [0.2, 0.25) is 0 Å². The Balaban J connectivity index is 1.87. The van der Waals surface area contributed by atoms with Crippen molar-refractivity contribution in [3.8, 4) is 0 Å². The molecule has 2 aromatic rings. The lowest BCUT2D eigenvalue weighted by molar-refractivity contribution is 0.347. The van der Waals surface area contributed by atoms with E-state index in [1.165, 1.54) is 30.6 Å². The molecule has 1 heterocycles. The third kappa shape index (κ3) is 1.66. The number of aryl methyl sites for hydroxylation is 1. The second-order valence-corrected chi connectivity index (χ2v) is 6.72. The standard InChI is InChI=1S/C16H20ClN3/c1-2-20-13-6-5-11(17)8-12(13)19-16(20)14-9-3-4-10(7-9)15(14)18/h5-6,8-10,14-15H,2-4,7,18H2,1H3. The largest absolute Gasteiger partial charge is 0.328 e. The number of nitrogens with zero attached hydrogens (tertiary/aromatic N) is 2. The van der Waals surface area contributed by atoms with Gasteiger partial charge in [-0.15, -0.1) is 0 Å². The van der Waals surface area contributed by atoms with E-state index >= 15 is 0 Å². The lowest BCUT2D eigenvalue weighted by atomic mass is 9.84. The van der Waals surface area contributed by atoms with Crippen LogP contribution in [0, 0.1) is 11.8 Å². The topological polar surface area (TPSA) is 43.8 Å². The molecule has 106 valence electrons. The molecule has 0 radical (unpaired) electrons. The summed E-state index contributed by atoms with van der Waals surface area (Å²) < 4.78 is 2.33. The Labute approximate surface area is 124 Å². The summed E-state index contributed by atoms with van der Waals surface area (Å²) in [6, 6.07) is 6.27. The summed E-state index contributed by atoms with van der Waals surface area (Å²) in [4.78, 5) is 4.89. The molecule has 4 unspecified atom stereocenters. The Morgan fingerprint density at radius 3 is 2.85 bits per heavy atom. The Morgan fingerprint density at radius 2 is 2.15 bits per heavy atom. The first-order valence-corrected chi connectivity index (χ1v) is 7.98. The summed E-state index contributed by atoms with van der Waals surface area (Å²) in [5.74, 6) is 3.05. The molecule has 0 saturated heterocycles. The fourth-order valence-corrected chi connectivity index (χ4v) is 4.59. The van der Waals surface area contributed by atoms with Crippen LogP contribution in [0.1, 0.15) is 37.9 Å². The number of rotatable bonds is 2. The van der Waals surface area contributed by atoms with Crippen LogP contribution in [0.15, 0.2) is 18.2 Å². The summed E-state index contributed by atoms with van der Waals surface area (Å²) in [7, 11) is 0. The molecular formula is C16H20ClN3. The van der Waals surface area contributed by atoms with Crippen molar-refractivity contribution in [1.82, 2.24) is 9.55 Å². The molecule has 20 heavy (non-hydrogen) atoms. The van der Waals surface area contributed by atoms with Crippen molar-refractivity contribution in [3.63, 3.8) is 0 Å². The van der Waals surface area contributed by atoms with Gasteiger partial charge in [0.05, 0.1) is 11.0 Å². The zero-order valence-corrected chi connectivity index (χ0v) is 12.5. The highest BCUT2D eigenvalue weighted by atomic mass is 35.5. The van der Waals surface area contributed by atoms with E-state index in [4.69, 9.17) is 22.3 Å². The summed E-state index contributed by atoms with van der Waals surface area (Å²) in [6.07, 6.45) is 3.91. The number of aromatic nitrogens is 2. The summed E-state index contributed by atoms with van der Waals surface area (Å²) in [6.45, 7) is 3.12. The van der Waals surface area contributed by atoms with E-state index in [1.807, 2.05) is 12.1 Å². The minimum atomic E-state index is 0.284. The van der Waals surface area contributed by atoms with Crippen molar-refractivity contribution in [1.29, 1.82) is 0 Å². The van der Waals surface area contributed by atoms with Crippen LogP contribution in [0.4, 0.5) is 0 Å². The average molecular weight is 290 g/mol. The lowest BCUT2D eigenvalue weighted by Gasteiger charge is -2.28. The van der Waals surface area contributed by atoms with Crippen molar-refractivity contribution >= 4 is 22.6 Å². The number of hydrogen-bond acceptors (Lipinski definition) is 2. The van der Waals surface area contributed by atoms with E-state index in [1.54, 1.807) is 0 Å². The molecule has 2 aliphatic carbocycles. The first-order chi connectivity index (χ1) is 9.69. The maximum absolute atomic E-state index is 6.49. The van der Waals surface area contributed by atoms with E-state index in [0.717, 1.165) is 23.0 Å². The van der Waals surface area contributed by atoms with Gasteiger partial charge in [-0.25, -0.2) is 4.98 Å². The highest BCUT2D eigenvalue weighted by Crippen LogP contribution is 2.52. The fraction of sp³-hybridized carbons (Fsp3) is 0.562. The van der Waals surface area contributed by atoms with Gasteiger partial charge in [-0.2, -0.15) is 0 Å². The van der Waals surface area contributed by atoms with Gasteiger partial charge >= 0.3 is 0 Å². The zero-order valence-electron chi connectivity index (χ0n) is 11.7. The van der Waals surface area contributed by atoms with E-state index in [2.05, 4.69) is 17.6 Å². The third-order valence-corrected chi connectivity index (χ3v) is 5.57. The smallest absolute Gasteiger partial charge is 0.114 e. The van der Waals surface area contributed by atoms with Gasteiger partial charge in [-0.3, -0.25) is 0 Å². The molecule has 0 aliphatic heterocycles. The van der Waals surface area contributed by atoms with Gasteiger partial charge < -0.3 is 10.3 Å². The van der Waals surface area contributed by atoms with Crippen LogP contribution in [0.2, 0.25) is 5.02 Å². The van der Waals surface area contributed by atoms with Crippen molar-refractivity contribution in [2.75, 3.05) is 0 Å². The second-order valence-electron chi connectivity index (χ2n) is 6.28. The molecule has 1 aromatic carbocycles. The predicted octanol–water partition coefficient (Wildman–Crippen LogP) is 3.55. The molecule has 4 atom stereocenters. The normalized spacial score (nSPS) is 32.4. The molecule has 0 amide bonds. The quantitative estimate of drug-likeness (QED) is 0.919. The average Bonchev–Trinajstić information content (AvgIpc) is 3.09. The Kier molecular flexibility index (Phi) is 2.83. The Morgan fingerprint density at radius 1 is 1.35 bits per heavy atom. The number of fused-ring (bicyclic) bond motifs is 3. The van der Waals surface area contributed by atoms with Gasteiger partial charge in [-0.1, -0.05) is 11.6 Å². The molecule has 1 aromatic heterocycles. The summed E-state index contributed by atoms with van der Waals surface area (Å²) >= 11 is 6.10. The number of imidazole rings is 1. The van der Waals surface area contributed by atoms with E-state index in [9.17, 15) is 0 Å². The first kappa shape index (κ1) is 12.7. The highest BCUT2D eigenvalue weighted by Gasteiger charge is 2.48. The van der Waals surface area contributed by atoms with Crippen LogP contribution in [0.25, 0.3) is 11.0 Å². The van der Waals surface area contributed by atoms with Crippen LogP contribution < -0.4 is 5.73 Å². The Bertz CT molecular complexity index is 661. The van der Waals surface area contributed by atoms with Crippen molar-refractivity contribution in [2.24, 2.45) is 17.6 Å². The maximum atomic E-state index is 6.49. The number of nitrogens with two attached hydrogens (primary N) is 1. The third-order valence-electron chi connectivity index (χ3n) is 5.33. The molecule has 2 fully saturated rings. The van der Waals surface area contributed by atoms with Crippen molar-refractivity contribution in [3.05, 3.63) is 29.0 Å². The lowest BCUT2D eigenvalue weighted by Crippen LogP contribution is -2.35. The van der Waals surface area contributed by atoms with Gasteiger partial charge in [-0.05, 0) is 56.2 Å². The van der Waals surface area contributed by atoms with Gasteiger partial charge in [0.15, 0.2) is 0 Å². The molecule has 4 heteroatoms. The molecule has 2 saturated carbocycles. The molecule has 3 nitrogen and oxygen atoms in total. The second kappa shape index (κ2) is 4.47. The minimum Gasteiger partial charge on any atom is -0.328 e. The van der Waals surface area contributed by atoms with Gasteiger partial charge in [0, 0.05) is 23.5 Å². The van der Waals surface area contributed by atoms with Gasteiger partial charge in [0.25, 0.3) is 0 Å². The van der Waals surface area contributed by atoms with E-state index in [0.29, 0.717) is 11.8 Å². The summed E-state index contributed by atoms with van der Waals surface area (Å²) in [5.41, 5.74) is 8.68. The predicted molar refractivity (Wildman–Crippen MR) is 82.0 cm³/mol. The van der Waals surface area contributed by atoms with E-state index < -0.39 is 0 Å². The molecule has 2 aliphatic rings. The Hall–Kier alpha value is -1.06. The highest BCUT2D eigenvalue weighted by molar-refractivity contribution is 6.31. The van der Waals surface area contributed by atoms with Crippen molar-refractivity contribution in [2.45, 2.75) is 44.7 Å². The van der Waals surface area contributed by atoms with Crippen LogP contribution in [0.3, 0.4) is 0 Å². The number of benzene rings is 1. The van der Waals surface area contributed by atoms with Crippen LogP contribution in [-0.4, -0.2) is 15.6 Å². The molecule has 0 spiro atoms. The minimum absolute atomic E-state index is 0.284. The van der Waals surface area contributed by atoms with Crippen LogP contribution >= 0.6 is 11.6 Å². The zero-order chi connectivity index (χ0) is 13.9. The van der Waals surface area contributed by atoms with Crippen LogP contribution in [-0.2, 0) is 6.54 Å². The van der Waals surface area contributed by atoms with Crippen molar-refractivity contribution < 1.29 is 0 Å². The van der Waals surface area contributed by atoms with Crippen LogP contribution in [0.5, 0.6) is 0 Å². The molecule has 2 bridgehead atoms. The van der Waals surface area contributed by atoms with E-state index in [-0.39, 0.29) is 6.04 Å². The fourth-order valence-electron chi connectivity index (χ4n) is 4.43. The number of hydrogen-bond donors (Lipinski definition) is 1. The van der Waals surface area contributed by atoms with Gasteiger partial charge in [0.1, 0.15) is 5.82 Å². The molecule has 2 N–H and O–H groups in total. The SMILES string of the molecule is CCn1c(C2C3CCC(C3)C2N)nc2cc(Cl)ccc21. The number of halogens is 1. The molecule has 4 rings (SSSR count). The monoisotopic (exact) mass is 289 g/mol. The molecular weight excluding hydrogens is 270 g/mol. The maximum Gasteiger partial charge on any atom is 0.114 e. The first-order valence-electron chi connectivity index (χ1n) is 7.60. The summed E-state index contributed by atoms with van der Waals surface area (Å²) in [5, 5.41) is 0.752.